The summed E-state index contributed by atoms with van der Waals surface area (Å²) >= 11 is 1.25. The van der Waals surface area contributed by atoms with Crippen LogP contribution < -0.4 is 19.5 Å². The van der Waals surface area contributed by atoms with Crippen LogP contribution in [0.25, 0.3) is 10.6 Å². The van der Waals surface area contributed by atoms with Crippen LogP contribution in [0.3, 0.4) is 0 Å². The first-order valence-electron chi connectivity index (χ1n) is 11.7. The highest BCUT2D eigenvalue weighted by atomic mass is 32.1. The third-order valence-electron chi connectivity index (χ3n) is 5.95. The Morgan fingerprint density at radius 1 is 1.03 bits per heavy atom. The molecule has 0 spiro atoms. The number of ether oxygens (including phenoxy) is 3. The zero-order valence-electron chi connectivity index (χ0n) is 20.4. The maximum Gasteiger partial charge on any atom is 0.227 e. The second kappa shape index (κ2) is 12.5. The minimum absolute atomic E-state index is 0.104. The van der Waals surface area contributed by atoms with Crippen molar-refractivity contribution in [1.82, 2.24) is 15.1 Å². The van der Waals surface area contributed by atoms with E-state index in [2.05, 4.69) is 15.5 Å². The van der Waals surface area contributed by atoms with E-state index in [-0.39, 0.29) is 24.2 Å². The average Bonchev–Trinajstić information content (AvgIpc) is 3.34. The van der Waals surface area contributed by atoms with Gasteiger partial charge in [-0.15, -0.1) is 10.2 Å². The van der Waals surface area contributed by atoms with Crippen molar-refractivity contribution in [1.29, 1.82) is 0 Å². The number of carbonyl (C=O) groups excluding carboxylic acids is 2. The molecule has 9 nitrogen and oxygen atoms in total. The quantitative estimate of drug-likeness (QED) is 0.499. The molecule has 34 heavy (non-hydrogen) atoms. The molecule has 0 unspecified atom stereocenters. The molecule has 3 rings (SSSR count). The minimum atomic E-state index is -0.190. The van der Waals surface area contributed by atoms with E-state index < -0.39 is 0 Å². The molecule has 0 atom stereocenters. The normalized spacial score (nSPS) is 13.9. The molecule has 1 fully saturated rings. The van der Waals surface area contributed by atoms with Gasteiger partial charge in [0.25, 0.3) is 0 Å². The zero-order chi connectivity index (χ0) is 24.5. The Morgan fingerprint density at radius 3 is 2.29 bits per heavy atom. The summed E-state index contributed by atoms with van der Waals surface area (Å²) in [5.74, 6) is 1.62. The number of methoxy groups -OCH3 is 3. The third kappa shape index (κ3) is 6.37. The highest BCUT2D eigenvalue weighted by Crippen LogP contribution is 2.42. The van der Waals surface area contributed by atoms with Crippen LogP contribution in [0.2, 0.25) is 0 Å². The van der Waals surface area contributed by atoms with Crippen LogP contribution in [-0.4, -0.2) is 61.3 Å². The van der Waals surface area contributed by atoms with Crippen LogP contribution in [0.5, 0.6) is 17.2 Å². The van der Waals surface area contributed by atoms with Gasteiger partial charge in [-0.05, 0) is 31.4 Å². The minimum Gasteiger partial charge on any atom is -0.493 e. The molecule has 0 saturated heterocycles. The lowest BCUT2D eigenvalue weighted by Gasteiger charge is -2.29. The number of amides is 2. The van der Waals surface area contributed by atoms with E-state index in [4.69, 9.17) is 14.2 Å². The molecule has 2 aromatic rings. The highest BCUT2D eigenvalue weighted by molar-refractivity contribution is 7.18. The number of rotatable bonds is 11. The van der Waals surface area contributed by atoms with Crippen LogP contribution in [0, 0.1) is 5.92 Å². The summed E-state index contributed by atoms with van der Waals surface area (Å²) in [7, 11) is 4.64. The van der Waals surface area contributed by atoms with Gasteiger partial charge < -0.3 is 24.4 Å². The summed E-state index contributed by atoms with van der Waals surface area (Å²) in [5.41, 5.74) is 0.736. The van der Waals surface area contributed by atoms with Gasteiger partial charge in [0, 0.05) is 31.0 Å². The number of benzene rings is 1. The van der Waals surface area contributed by atoms with Crippen LogP contribution in [0.1, 0.15) is 51.9 Å². The van der Waals surface area contributed by atoms with Gasteiger partial charge in [0.2, 0.25) is 22.7 Å². The number of carbonyl (C=O) groups is 2. The number of nitrogens with zero attached hydrogens (tertiary/aromatic N) is 3. The van der Waals surface area contributed by atoms with Crippen LogP contribution in [0.15, 0.2) is 12.1 Å². The topological polar surface area (TPSA) is 103 Å². The molecule has 186 valence electrons. The molecule has 1 N–H and O–H groups in total. The van der Waals surface area contributed by atoms with E-state index in [9.17, 15) is 9.59 Å². The van der Waals surface area contributed by atoms with Gasteiger partial charge in [0.15, 0.2) is 11.5 Å². The van der Waals surface area contributed by atoms with E-state index in [1.54, 1.807) is 33.5 Å². The number of aromatic nitrogens is 2. The van der Waals surface area contributed by atoms with E-state index in [0.29, 0.717) is 40.5 Å². The first-order valence-corrected chi connectivity index (χ1v) is 12.5. The summed E-state index contributed by atoms with van der Waals surface area (Å²) in [6, 6.07) is 3.57. The van der Waals surface area contributed by atoms with Gasteiger partial charge in [0.05, 0.1) is 21.3 Å². The lowest BCUT2D eigenvalue weighted by Crippen LogP contribution is -2.39. The second-order valence-electron chi connectivity index (χ2n) is 8.28. The number of anilines is 1. The average molecular weight is 491 g/mol. The Hall–Kier alpha value is -2.88. The first kappa shape index (κ1) is 25.7. The standard InChI is InChI=1S/C24H34N4O5S/c1-5-12-28(23(30)16-9-7-6-8-10-16)13-11-20(29)25-24-27-26-22(34-24)17-14-18(31-2)21(33-4)19(15-17)32-3/h14-16H,5-13H2,1-4H3,(H,25,27,29). The van der Waals surface area contributed by atoms with E-state index in [1.165, 1.54) is 17.8 Å². The fraction of sp³-hybridized carbons (Fsp3) is 0.583. The number of nitrogens with one attached hydrogen (secondary N) is 1. The third-order valence-corrected chi connectivity index (χ3v) is 6.84. The second-order valence-corrected chi connectivity index (χ2v) is 9.26. The Labute approximate surface area is 204 Å². The molecule has 0 aliphatic heterocycles. The molecule has 1 aliphatic carbocycles. The van der Waals surface area contributed by atoms with Gasteiger partial charge in [0.1, 0.15) is 5.01 Å². The maximum absolute atomic E-state index is 12.9. The van der Waals surface area contributed by atoms with Gasteiger partial charge in [-0.3, -0.25) is 9.59 Å². The molecule has 1 heterocycles. The van der Waals surface area contributed by atoms with Gasteiger partial charge in [-0.25, -0.2) is 0 Å². The predicted molar refractivity (Wildman–Crippen MR) is 132 cm³/mol. The molecule has 0 bridgehead atoms. The van der Waals surface area contributed by atoms with Crippen LogP contribution in [-0.2, 0) is 9.59 Å². The van der Waals surface area contributed by atoms with Crippen molar-refractivity contribution in [2.24, 2.45) is 5.92 Å². The van der Waals surface area contributed by atoms with Gasteiger partial charge in [-0.1, -0.05) is 37.5 Å². The molecule has 1 aliphatic rings. The Kier molecular flexibility index (Phi) is 9.50. The van der Waals surface area contributed by atoms with Crippen molar-refractivity contribution in [3.8, 4) is 27.8 Å². The van der Waals surface area contributed by atoms with Gasteiger partial charge >= 0.3 is 0 Å². The van der Waals surface area contributed by atoms with Crippen LogP contribution >= 0.6 is 11.3 Å². The predicted octanol–water partition coefficient (Wildman–Crippen LogP) is 4.38. The summed E-state index contributed by atoms with van der Waals surface area (Å²) in [6.45, 7) is 3.13. The summed E-state index contributed by atoms with van der Waals surface area (Å²) in [4.78, 5) is 27.3. The van der Waals surface area contributed by atoms with Crippen molar-refractivity contribution in [2.75, 3.05) is 39.7 Å². The fourth-order valence-electron chi connectivity index (χ4n) is 4.22. The zero-order valence-corrected chi connectivity index (χ0v) is 21.2. The molecule has 2 amide bonds. The molecule has 0 radical (unpaired) electrons. The monoisotopic (exact) mass is 490 g/mol. The van der Waals surface area contributed by atoms with E-state index in [1.807, 2.05) is 11.8 Å². The number of hydrogen-bond acceptors (Lipinski definition) is 8. The van der Waals surface area contributed by atoms with Crippen molar-refractivity contribution in [3.63, 3.8) is 0 Å². The lowest BCUT2D eigenvalue weighted by atomic mass is 9.88. The smallest absolute Gasteiger partial charge is 0.227 e. The van der Waals surface area contributed by atoms with Crippen molar-refractivity contribution < 1.29 is 23.8 Å². The van der Waals surface area contributed by atoms with Crippen LogP contribution in [0.4, 0.5) is 5.13 Å². The Morgan fingerprint density at radius 2 is 1.71 bits per heavy atom. The first-order chi connectivity index (χ1) is 16.5. The Bertz CT molecular complexity index is 949. The molecule has 1 saturated carbocycles. The summed E-state index contributed by atoms with van der Waals surface area (Å²) in [6.07, 6.45) is 6.44. The fourth-order valence-corrected chi connectivity index (χ4v) is 4.97. The largest absolute Gasteiger partial charge is 0.493 e. The maximum atomic E-state index is 12.9. The Balaban J connectivity index is 1.62. The van der Waals surface area contributed by atoms with E-state index >= 15 is 0 Å². The van der Waals surface area contributed by atoms with Crippen molar-refractivity contribution in [3.05, 3.63) is 12.1 Å². The summed E-state index contributed by atoms with van der Waals surface area (Å²) in [5, 5.41) is 12.1. The SMILES string of the molecule is CCCN(CCC(=O)Nc1nnc(-c2cc(OC)c(OC)c(OC)c2)s1)C(=O)C1CCCCC1. The molecule has 1 aromatic carbocycles. The highest BCUT2D eigenvalue weighted by Gasteiger charge is 2.26. The molecular weight excluding hydrogens is 456 g/mol. The summed E-state index contributed by atoms with van der Waals surface area (Å²) < 4.78 is 16.2. The molecule has 10 heteroatoms. The molecular formula is C24H34N4O5S. The van der Waals surface area contributed by atoms with Crippen molar-refractivity contribution >= 4 is 28.3 Å². The van der Waals surface area contributed by atoms with Crippen molar-refractivity contribution in [2.45, 2.75) is 51.9 Å². The van der Waals surface area contributed by atoms with E-state index in [0.717, 1.165) is 37.7 Å². The lowest BCUT2D eigenvalue weighted by molar-refractivity contribution is -0.136. The number of hydrogen-bond donors (Lipinski definition) is 1. The molecule has 1 aromatic heterocycles. The van der Waals surface area contributed by atoms with Gasteiger partial charge in [-0.2, -0.15) is 0 Å².